The minimum absolute atomic E-state index is 0.0654. The highest BCUT2D eigenvalue weighted by Gasteiger charge is 2.21. The fraction of sp³-hybridized carbons (Fsp3) is 0. The summed E-state index contributed by atoms with van der Waals surface area (Å²) in [4.78, 5) is 48.5. The number of carbonyl (C=O) groups excluding carboxylic acids is 1. The molecule has 0 unspecified atom stereocenters. The van der Waals surface area contributed by atoms with Crippen molar-refractivity contribution >= 4 is 23.1 Å². The zero-order valence-electron chi connectivity index (χ0n) is 11.2. The van der Waals surface area contributed by atoms with E-state index in [1.54, 1.807) is 0 Å². The highest BCUT2D eigenvalue weighted by molar-refractivity contribution is 5.95. The summed E-state index contributed by atoms with van der Waals surface area (Å²) in [5.41, 5.74) is 2.29. The van der Waals surface area contributed by atoms with Crippen LogP contribution in [-0.4, -0.2) is 25.7 Å². The van der Waals surface area contributed by atoms with Gasteiger partial charge in [0.25, 0.3) is 11.6 Å². The highest BCUT2D eigenvalue weighted by Crippen LogP contribution is 2.14. The van der Waals surface area contributed by atoms with Crippen molar-refractivity contribution in [2.75, 3.05) is 5.43 Å². The first-order valence-corrected chi connectivity index (χ1v) is 5.93. The fourth-order valence-electron chi connectivity index (χ4n) is 1.58. The summed E-state index contributed by atoms with van der Waals surface area (Å²) in [6, 6.07) is 4.66. The van der Waals surface area contributed by atoms with Crippen molar-refractivity contribution < 1.29 is 14.6 Å². The lowest BCUT2D eigenvalue weighted by molar-refractivity contribution is -0.385. The zero-order valence-corrected chi connectivity index (χ0v) is 11.2. The number of nitrogens with zero attached hydrogens (tertiary/aromatic N) is 3. The van der Waals surface area contributed by atoms with E-state index in [-0.39, 0.29) is 11.3 Å². The van der Waals surface area contributed by atoms with Gasteiger partial charge in [-0.3, -0.25) is 40.7 Å². The first-order valence-electron chi connectivity index (χ1n) is 5.93. The van der Waals surface area contributed by atoms with E-state index in [1.165, 1.54) is 12.1 Å². The molecule has 0 atom stereocenters. The number of hydrazine groups is 1. The molecule has 0 radical (unpaired) electrons. The molecule has 0 spiro atoms. The van der Waals surface area contributed by atoms with Crippen molar-refractivity contribution in [3.05, 3.63) is 66.7 Å². The molecule has 0 fully saturated rings. The molecule has 0 aliphatic heterocycles. The monoisotopic (exact) mass is 320 g/mol. The quantitative estimate of drug-likeness (QED) is 0.522. The van der Waals surface area contributed by atoms with Crippen molar-refractivity contribution in [1.82, 2.24) is 15.4 Å². The van der Waals surface area contributed by atoms with Crippen molar-refractivity contribution in [2.24, 2.45) is 0 Å². The molecule has 23 heavy (non-hydrogen) atoms. The molecule has 12 heteroatoms. The van der Waals surface area contributed by atoms with Gasteiger partial charge in [0.15, 0.2) is 0 Å². The predicted molar refractivity (Wildman–Crippen MR) is 75.7 cm³/mol. The minimum atomic E-state index is -0.989. The number of nitro benzene ring substituents is 1. The van der Waals surface area contributed by atoms with Crippen molar-refractivity contribution in [2.45, 2.75) is 0 Å². The van der Waals surface area contributed by atoms with Crippen LogP contribution in [0, 0.1) is 20.2 Å². The van der Waals surface area contributed by atoms with Crippen LogP contribution in [0.15, 0.2) is 35.4 Å². The Morgan fingerprint density at radius 3 is 2.35 bits per heavy atom. The number of amides is 1. The van der Waals surface area contributed by atoms with E-state index >= 15 is 0 Å². The second-order valence-corrected chi connectivity index (χ2v) is 4.07. The van der Waals surface area contributed by atoms with E-state index < -0.39 is 32.8 Å². The van der Waals surface area contributed by atoms with Gasteiger partial charge in [-0.05, 0) is 12.1 Å². The van der Waals surface area contributed by atoms with E-state index in [1.807, 2.05) is 4.98 Å². The van der Waals surface area contributed by atoms with Crippen LogP contribution >= 0.6 is 0 Å². The second kappa shape index (κ2) is 6.30. The average Bonchev–Trinajstić information content (AvgIpc) is 2.52. The smallest absolute Gasteiger partial charge is 0.307 e. The van der Waals surface area contributed by atoms with Gasteiger partial charge < -0.3 is 4.98 Å². The summed E-state index contributed by atoms with van der Waals surface area (Å²) < 4.78 is 0. The Labute approximate surface area is 126 Å². The molecule has 3 N–H and O–H groups in total. The molecular formula is C11H8N6O6. The van der Waals surface area contributed by atoms with Crippen molar-refractivity contribution in [3.8, 4) is 0 Å². The molecule has 1 aromatic heterocycles. The third-order valence-electron chi connectivity index (χ3n) is 2.65. The summed E-state index contributed by atoms with van der Waals surface area (Å²) in [5.74, 6) is -1.18. The van der Waals surface area contributed by atoms with Gasteiger partial charge in [-0.1, -0.05) is 0 Å². The van der Waals surface area contributed by atoms with E-state index in [2.05, 4.69) is 15.8 Å². The summed E-state index contributed by atoms with van der Waals surface area (Å²) in [6.45, 7) is 0. The largest absolute Gasteiger partial charge is 0.377 e. The Morgan fingerprint density at radius 2 is 1.78 bits per heavy atom. The number of benzene rings is 1. The normalized spacial score (nSPS) is 9.91. The molecule has 2 rings (SSSR count). The molecule has 0 saturated carbocycles. The number of anilines is 1. The number of nitro groups is 2. The summed E-state index contributed by atoms with van der Waals surface area (Å²) in [7, 11) is 0. The fourth-order valence-corrected chi connectivity index (χ4v) is 1.58. The topological polar surface area (TPSA) is 173 Å². The molecule has 1 heterocycles. The maximum atomic E-state index is 11.8. The molecule has 1 aromatic carbocycles. The van der Waals surface area contributed by atoms with Gasteiger partial charge in [0.2, 0.25) is 5.82 Å². The van der Waals surface area contributed by atoms with Crippen LogP contribution in [0.1, 0.15) is 10.4 Å². The van der Waals surface area contributed by atoms with Gasteiger partial charge in [0.1, 0.15) is 0 Å². The van der Waals surface area contributed by atoms with E-state index in [0.29, 0.717) is 0 Å². The molecular weight excluding hydrogens is 312 g/mol. The first kappa shape index (κ1) is 15.6. The van der Waals surface area contributed by atoms with Crippen molar-refractivity contribution in [1.29, 1.82) is 0 Å². The predicted octanol–water partition coefficient (Wildman–Crippen LogP) is 0.343. The van der Waals surface area contributed by atoms with Gasteiger partial charge >= 0.3 is 11.2 Å². The van der Waals surface area contributed by atoms with Crippen LogP contribution < -0.4 is 16.4 Å². The number of H-pyrrole nitrogens is 1. The maximum absolute atomic E-state index is 11.8. The zero-order chi connectivity index (χ0) is 17.0. The lowest BCUT2D eigenvalue weighted by Crippen LogP contribution is -2.31. The van der Waals surface area contributed by atoms with Crippen LogP contribution in [0.2, 0.25) is 0 Å². The number of aromatic nitrogens is 2. The van der Waals surface area contributed by atoms with Crippen LogP contribution in [0.5, 0.6) is 0 Å². The standard InChI is InChI=1S/C11H8N6O6/c18-10(6-1-3-7(4-2-6)16(20)21)15-14-9-8(17(22)23)11(19)13-5-12-9/h1-5H,(H,15,18)(H2,12,13,14,19). The molecule has 118 valence electrons. The Kier molecular flexibility index (Phi) is 4.26. The number of non-ortho nitro benzene ring substituents is 1. The Balaban J connectivity index is 2.13. The minimum Gasteiger partial charge on any atom is -0.307 e. The Morgan fingerprint density at radius 1 is 1.13 bits per heavy atom. The van der Waals surface area contributed by atoms with Crippen LogP contribution in [0.3, 0.4) is 0 Å². The molecule has 0 aliphatic carbocycles. The number of nitrogens with one attached hydrogen (secondary N) is 3. The summed E-state index contributed by atoms with van der Waals surface area (Å²) in [5, 5.41) is 21.3. The number of hydrogen-bond acceptors (Lipinski definition) is 8. The van der Waals surface area contributed by atoms with Crippen LogP contribution in [0.4, 0.5) is 17.2 Å². The summed E-state index contributed by atoms with van der Waals surface area (Å²) >= 11 is 0. The molecule has 2 aromatic rings. The Hall–Kier alpha value is -3.83. The number of rotatable bonds is 5. The molecule has 0 bridgehead atoms. The van der Waals surface area contributed by atoms with E-state index in [9.17, 15) is 29.8 Å². The van der Waals surface area contributed by atoms with Gasteiger partial charge in [0.05, 0.1) is 16.2 Å². The Bertz CT molecular complexity index is 830. The van der Waals surface area contributed by atoms with Crippen LogP contribution in [-0.2, 0) is 0 Å². The number of hydrogen-bond donors (Lipinski definition) is 3. The highest BCUT2D eigenvalue weighted by atomic mass is 16.6. The van der Waals surface area contributed by atoms with Gasteiger partial charge in [-0.15, -0.1) is 0 Å². The SMILES string of the molecule is O=C(NNc1nc[nH]c(=O)c1[N+](=O)[O-])c1ccc([N+](=O)[O-])cc1. The lowest BCUT2D eigenvalue weighted by atomic mass is 10.2. The van der Waals surface area contributed by atoms with Gasteiger partial charge in [-0.25, -0.2) is 4.98 Å². The lowest BCUT2D eigenvalue weighted by Gasteiger charge is -2.07. The molecule has 0 aliphatic rings. The third kappa shape index (κ3) is 3.44. The molecule has 0 saturated heterocycles. The van der Waals surface area contributed by atoms with E-state index in [4.69, 9.17) is 0 Å². The second-order valence-electron chi connectivity index (χ2n) is 4.07. The first-order chi connectivity index (χ1) is 10.9. The van der Waals surface area contributed by atoms with Crippen LogP contribution in [0.25, 0.3) is 0 Å². The summed E-state index contributed by atoms with van der Waals surface area (Å²) in [6.07, 6.45) is 0.926. The molecule has 12 nitrogen and oxygen atoms in total. The number of aromatic amines is 1. The average molecular weight is 320 g/mol. The van der Waals surface area contributed by atoms with Gasteiger partial charge in [-0.2, -0.15) is 0 Å². The van der Waals surface area contributed by atoms with Crippen molar-refractivity contribution in [3.63, 3.8) is 0 Å². The number of carbonyl (C=O) groups is 1. The third-order valence-corrected chi connectivity index (χ3v) is 2.65. The van der Waals surface area contributed by atoms with Gasteiger partial charge in [0, 0.05) is 17.7 Å². The molecule has 1 amide bonds. The van der Waals surface area contributed by atoms with E-state index in [0.717, 1.165) is 18.5 Å². The maximum Gasteiger partial charge on any atom is 0.377 e.